The molecule has 2 fully saturated rings. The summed E-state index contributed by atoms with van der Waals surface area (Å²) in [5, 5.41) is 0. The summed E-state index contributed by atoms with van der Waals surface area (Å²) in [6.45, 7) is 2.53. The van der Waals surface area contributed by atoms with Crippen molar-refractivity contribution in [3.63, 3.8) is 0 Å². The number of amides is 2. The Labute approximate surface area is 158 Å². The first-order chi connectivity index (χ1) is 13.1. The van der Waals surface area contributed by atoms with Crippen LogP contribution in [0.2, 0.25) is 0 Å². The van der Waals surface area contributed by atoms with Crippen molar-refractivity contribution in [1.29, 1.82) is 0 Å². The molecular weight excluding hydrogens is 344 g/mol. The first kappa shape index (κ1) is 17.5. The number of likely N-dealkylation sites (tertiary alicyclic amines) is 2. The zero-order valence-electron chi connectivity index (χ0n) is 15.3. The van der Waals surface area contributed by atoms with Crippen molar-refractivity contribution in [2.24, 2.45) is 5.41 Å². The van der Waals surface area contributed by atoms with Gasteiger partial charge < -0.3 is 14.5 Å². The van der Waals surface area contributed by atoms with Crippen molar-refractivity contribution < 1.29 is 14.3 Å². The third-order valence-corrected chi connectivity index (χ3v) is 5.56. The summed E-state index contributed by atoms with van der Waals surface area (Å²) in [6, 6.07) is 7.79. The second kappa shape index (κ2) is 6.98. The molecule has 7 heteroatoms. The summed E-state index contributed by atoms with van der Waals surface area (Å²) >= 11 is 0. The molecule has 140 valence electrons. The molecule has 2 amide bonds. The van der Waals surface area contributed by atoms with Gasteiger partial charge in [-0.2, -0.15) is 0 Å². The quantitative estimate of drug-likeness (QED) is 0.771. The minimum absolute atomic E-state index is 0.111. The molecule has 0 atom stereocenters. The number of carbonyl (C=O) groups excluding carboxylic acids is 2. The lowest BCUT2D eigenvalue weighted by Gasteiger charge is -2.52. The van der Waals surface area contributed by atoms with E-state index in [4.69, 9.17) is 4.74 Å². The molecule has 1 spiro atoms. The van der Waals surface area contributed by atoms with Gasteiger partial charge in [0.1, 0.15) is 11.4 Å². The summed E-state index contributed by atoms with van der Waals surface area (Å²) in [5.41, 5.74) is 1.15. The second-order valence-electron chi connectivity index (χ2n) is 7.17. The molecule has 27 heavy (non-hydrogen) atoms. The topological polar surface area (TPSA) is 75.6 Å². The lowest BCUT2D eigenvalue weighted by atomic mass is 9.71. The molecule has 0 N–H and O–H groups in total. The number of aromatic nitrogens is 2. The molecule has 3 heterocycles. The van der Waals surface area contributed by atoms with Crippen molar-refractivity contribution in [3.05, 3.63) is 54.1 Å². The van der Waals surface area contributed by atoms with Crippen LogP contribution in [-0.2, 0) is 11.3 Å². The smallest absolute Gasteiger partial charge is 0.274 e. The molecule has 2 aromatic rings. The van der Waals surface area contributed by atoms with E-state index in [9.17, 15) is 9.59 Å². The van der Waals surface area contributed by atoms with Crippen LogP contribution in [0.3, 0.4) is 0 Å². The van der Waals surface area contributed by atoms with Crippen LogP contribution in [0.25, 0.3) is 0 Å². The van der Waals surface area contributed by atoms with E-state index >= 15 is 0 Å². The van der Waals surface area contributed by atoms with Crippen LogP contribution >= 0.6 is 0 Å². The summed E-state index contributed by atoms with van der Waals surface area (Å²) in [7, 11) is 1.64. The van der Waals surface area contributed by atoms with Gasteiger partial charge in [0, 0.05) is 38.6 Å². The van der Waals surface area contributed by atoms with Crippen molar-refractivity contribution in [2.45, 2.75) is 19.4 Å². The number of nitrogens with zero attached hydrogens (tertiary/aromatic N) is 4. The van der Waals surface area contributed by atoms with Crippen molar-refractivity contribution in [2.75, 3.05) is 26.7 Å². The van der Waals surface area contributed by atoms with E-state index in [1.54, 1.807) is 18.2 Å². The van der Waals surface area contributed by atoms with E-state index in [1.165, 1.54) is 12.4 Å². The van der Waals surface area contributed by atoms with E-state index in [-0.39, 0.29) is 17.2 Å². The van der Waals surface area contributed by atoms with Crippen molar-refractivity contribution >= 4 is 11.8 Å². The van der Waals surface area contributed by atoms with Gasteiger partial charge in [0.25, 0.3) is 5.91 Å². The molecule has 0 radical (unpaired) electrons. The average Bonchev–Trinajstić information content (AvgIpc) is 2.74. The predicted octanol–water partition coefficient (Wildman–Crippen LogP) is 1.75. The van der Waals surface area contributed by atoms with Crippen LogP contribution < -0.4 is 4.74 Å². The van der Waals surface area contributed by atoms with Gasteiger partial charge in [0.2, 0.25) is 5.91 Å². The van der Waals surface area contributed by atoms with E-state index in [2.05, 4.69) is 9.97 Å². The number of carbonyl (C=O) groups is 2. The number of piperidine rings is 1. The number of methoxy groups -OCH3 is 1. The summed E-state index contributed by atoms with van der Waals surface area (Å²) in [5.74, 6) is 0.898. The third-order valence-electron chi connectivity index (χ3n) is 5.56. The SMILES string of the molecule is COc1ccc(CN2CC3(CCN(C(=O)c4cnccn4)CC3)C2=O)cc1. The number of rotatable bonds is 4. The Balaban J connectivity index is 1.33. The average molecular weight is 366 g/mol. The highest BCUT2D eigenvalue weighted by Crippen LogP contribution is 2.42. The first-order valence-electron chi connectivity index (χ1n) is 9.09. The molecule has 0 unspecified atom stereocenters. The first-order valence-corrected chi connectivity index (χ1v) is 9.09. The number of benzene rings is 1. The molecule has 0 aliphatic carbocycles. The van der Waals surface area contributed by atoms with Gasteiger partial charge >= 0.3 is 0 Å². The maximum Gasteiger partial charge on any atom is 0.274 e. The Bertz CT molecular complexity index is 830. The van der Waals surface area contributed by atoms with Gasteiger partial charge in [-0.05, 0) is 30.5 Å². The Morgan fingerprint density at radius 3 is 2.52 bits per heavy atom. The van der Waals surface area contributed by atoms with Crippen LogP contribution in [0.5, 0.6) is 5.75 Å². The van der Waals surface area contributed by atoms with Crippen LogP contribution in [0.15, 0.2) is 42.9 Å². The summed E-state index contributed by atoms with van der Waals surface area (Å²) < 4.78 is 5.17. The largest absolute Gasteiger partial charge is 0.497 e. The molecule has 4 rings (SSSR count). The molecular formula is C20H22N4O3. The van der Waals surface area contributed by atoms with E-state index in [0.29, 0.717) is 38.2 Å². The van der Waals surface area contributed by atoms with E-state index in [1.807, 2.05) is 29.2 Å². The monoisotopic (exact) mass is 366 g/mol. The maximum atomic E-state index is 12.8. The van der Waals surface area contributed by atoms with Gasteiger partial charge in [0.05, 0.1) is 18.7 Å². The lowest BCUT2D eigenvalue weighted by Crippen LogP contribution is -2.64. The molecule has 2 aliphatic heterocycles. The third kappa shape index (κ3) is 3.25. The van der Waals surface area contributed by atoms with E-state index in [0.717, 1.165) is 17.9 Å². The zero-order valence-corrected chi connectivity index (χ0v) is 15.3. The number of β-lactam (4-membered cyclic amide) rings is 1. The Morgan fingerprint density at radius 2 is 1.93 bits per heavy atom. The molecule has 1 aromatic carbocycles. The van der Waals surface area contributed by atoms with Crippen LogP contribution in [0, 0.1) is 5.41 Å². The fourth-order valence-electron chi connectivity index (χ4n) is 3.91. The maximum absolute atomic E-state index is 12.8. The van der Waals surface area contributed by atoms with Gasteiger partial charge in [-0.15, -0.1) is 0 Å². The van der Waals surface area contributed by atoms with Gasteiger partial charge in [-0.25, -0.2) is 4.98 Å². The Kier molecular flexibility index (Phi) is 4.51. The van der Waals surface area contributed by atoms with E-state index < -0.39 is 0 Å². The molecule has 0 saturated carbocycles. The van der Waals surface area contributed by atoms with Crippen molar-refractivity contribution in [3.8, 4) is 5.75 Å². The minimum atomic E-state index is -0.300. The fourth-order valence-corrected chi connectivity index (χ4v) is 3.91. The predicted molar refractivity (Wildman–Crippen MR) is 98.0 cm³/mol. The lowest BCUT2D eigenvalue weighted by molar-refractivity contribution is -0.165. The van der Waals surface area contributed by atoms with Gasteiger partial charge in [0.15, 0.2) is 0 Å². The van der Waals surface area contributed by atoms with Crippen molar-refractivity contribution in [1.82, 2.24) is 19.8 Å². The molecule has 0 bridgehead atoms. The molecule has 7 nitrogen and oxygen atoms in total. The molecule has 2 saturated heterocycles. The number of hydrogen-bond acceptors (Lipinski definition) is 5. The van der Waals surface area contributed by atoms with Crippen LogP contribution in [0.4, 0.5) is 0 Å². The fraction of sp³-hybridized carbons (Fsp3) is 0.400. The van der Waals surface area contributed by atoms with Gasteiger partial charge in [-0.3, -0.25) is 14.6 Å². The normalized spacial score (nSPS) is 18.3. The number of hydrogen-bond donors (Lipinski definition) is 0. The minimum Gasteiger partial charge on any atom is -0.497 e. The standard InChI is InChI=1S/C20H22N4O3/c1-27-16-4-2-15(3-5-16)13-24-14-20(19(24)26)6-10-23(11-7-20)18(25)17-12-21-8-9-22-17/h2-5,8-9,12H,6-7,10-11,13-14H2,1H3. The van der Waals surface area contributed by atoms with Crippen LogP contribution in [-0.4, -0.2) is 58.3 Å². The highest BCUT2D eigenvalue weighted by Gasteiger charge is 2.53. The Hall–Kier alpha value is -2.96. The van der Waals surface area contributed by atoms with Crippen LogP contribution in [0.1, 0.15) is 28.9 Å². The van der Waals surface area contributed by atoms with Gasteiger partial charge in [-0.1, -0.05) is 12.1 Å². The molecule has 2 aliphatic rings. The zero-order chi connectivity index (χ0) is 18.9. The second-order valence-corrected chi connectivity index (χ2v) is 7.17. The highest BCUT2D eigenvalue weighted by molar-refractivity contribution is 5.93. The summed E-state index contributed by atoms with van der Waals surface area (Å²) in [6.07, 6.45) is 5.96. The number of ether oxygens (including phenoxy) is 1. The Morgan fingerprint density at radius 1 is 1.19 bits per heavy atom. The summed E-state index contributed by atoms with van der Waals surface area (Å²) in [4.78, 5) is 36.9. The molecule has 1 aromatic heterocycles. The highest BCUT2D eigenvalue weighted by atomic mass is 16.5.